The molecule has 1 aliphatic carbocycles. The van der Waals surface area contributed by atoms with Gasteiger partial charge in [-0.05, 0) is 37.3 Å². The summed E-state index contributed by atoms with van der Waals surface area (Å²) in [6, 6.07) is 3.95. The largest absolute Gasteiger partial charge is 0.493 e. The van der Waals surface area contributed by atoms with Gasteiger partial charge < -0.3 is 24.3 Å². The number of nitrogens with one attached hydrogen (secondary N) is 1. The van der Waals surface area contributed by atoms with Crippen LogP contribution < -0.4 is 19.5 Å². The lowest BCUT2D eigenvalue weighted by Gasteiger charge is -2.35. The van der Waals surface area contributed by atoms with Gasteiger partial charge in [0.05, 0.1) is 39.6 Å². The van der Waals surface area contributed by atoms with Gasteiger partial charge in [0.25, 0.3) is 5.91 Å². The third kappa shape index (κ3) is 3.58. The summed E-state index contributed by atoms with van der Waals surface area (Å²) in [5, 5.41) is 3.16. The second kappa shape index (κ2) is 7.56. The van der Waals surface area contributed by atoms with E-state index in [1.54, 1.807) is 19.2 Å². The summed E-state index contributed by atoms with van der Waals surface area (Å²) in [4.78, 5) is 15.4. The van der Waals surface area contributed by atoms with Crippen LogP contribution >= 0.6 is 0 Å². The minimum atomic E-state index is -0.155. The third-order valence-electron chi connectivity index (χ3n) is 5.88. The molecule has 4 rings (SSSR count). The molecule has 2 saturated heterocycles. The Morgan fingerprint density at radius 2 is 1.89 bits per heavy atom. The summed E-state index contributed by atoms with van der Waals surface area (Å²) < 4.78 is 22.2. The standard InChI is InChI=1S/C20H28N2O5/c1-24-16-7-6-15(18(25-2)19(16)26-3)20(23)21-13-8-14-11-27-17(12-4-5-12)10-22(14)9-13/h6-7,12-14,17H,4-5,8-11H2,1-3H3,(H,21,23)/t13-,14-,17+/m0/s1. The Hall–Kier alpha value is -1.99. The van der Waals surface area contributed by atoms with Crippen molar-refractivity contribution in [2.45, 2.75) is 37.5 Å². The lowest BCUT2D eigenvalue weighted by atomic mass is 10.1. The quantitative estimate of drug-likeness (QED) is 0.815. The summed E-state index contributed by atoms with van der Waals surface area (Å²) in [6.07, 6.45) is 3.88. The normalized spacial score (nSPS) is 27.7. The lowest BCUT2D eigenvalue weighted by molar-refractivity contribution is -0.0581. The third-order valence-corrected chi connectivity index (χ3v) is 5.88. The molecular weight excluding hydrogens is 348 g/mol. The molecule has 148 valence electrons. The van der Waals surface area contributed by atoms with Crippen LogP contribution in [0.5, 0.6) is 17.2 Å². The SMILES string of the molecule is COc1ccc(C(=O)N[C@H]2C[C@H]3CO[C@@H](C4CC4)CN3C2)c(OC)c1OC. The number of rotatable bonds is 6. The highest BCUT2D eigenvalue weighted by Crippen LogP contribution is 2.40. The smallest absolute Gasteiger partial charge is 0.255 e. The van der Waals surface area contributed by atoms with Crippen molar-refractivity contribution < 1.29 is 23.7 Å². The Balaban J connectivity index is 1.44. The van der Waals surface area contributed by atoms with Gasteiger partial charge in [-0.1, -0.05) is 0 Å². The maximum atomic E-state index is 12.9. The number of ether oxygens (including phenoxy) is 4. The maximum absolute atomic E-state index is 12.9. The van der Waals surface area contributed by atoms with Gasteiger partial charge in [0.1, 0.15) is 0 Å². The fraction of sp³-hybridized carbons (Fsp3) is 0.650. The Morgan fingerprint density at radius 1 is 1.11 bits per heavy atom. The predicted molar refractivity (Wildman–Crippen MR) is 99.8 cm³/mol. The highest BCUT2D eigenvalue weighted by atomic mass is 16.5. The second-order valence-corrected chi connectivity index (χ2v) is 7.60. The molecule has 1 aromatic rings. The van der Waals surface area contributed by atoms with Gasteiger partial charge in [0.2, 0.25) is 5.75 Å². The predicted octanol–water partition coefficient (Wildman–Crippen LogP) is 1.69. The van der Waals surface area contributed by atoms with Crippen LogP contribution in [0.1, 0.15) is 29.6 Å². The molecular formula is C20H28N2O5. The van der Waals surface area contributed by atoms with Crippen LogP contribution in [0, 0.1) is 5.92 Å². The fourth-order valence-electron chi connectivity index (χ4n) is 4.30. The fourth-order valence-corrected chi connectivity index (χ4v) is 4.30. The lowest BCUT2D eigenvalue weighted by Crippen LogP contribution is -2.47. The van der Waals surface area contributed by atoms with Crippen LogP contribution in [0.4, 0.5) is 0 Å². The second-order valence-electron chi connectivity index (χ2n) is 7.60. The van der Waals surface area contributed by atoms with Gasteiger partial charge in [-0.2, -0.15) is 0 Å². The monoisotopic (exact) mass is 376 g/mol. The number of carbonyl (C=O) groups is 1. The van der Waals surface area contributed by atoms with E-state index in [-0.39, 0.29) is 11.9 Å². The van der Waals surface area contributed by atoms with Gasteiger partial charge in [-0.25, -0.2) is 0 Å². The van der Waals surface area contributed by atoms with E-state index in [9.17, 15) is 4.79 Å². The van der Waals surface area contributed by atoms with Crippen molar-refractivity contribution in [1.29, 1.82) is 0 Å². The number of benzene rings is 1. The molecule has 2 aliphatic heterocycles. The molecule has 0 spiro atoms. The van der Waals surface area contributed by atoms with E-state index < -0.39 is 0 Å². The van der Waals surface area contributed by atoms with Crippen molar-refractivity contribution in [3.8, 4) is 17.2 Å². The number of morpholine rings is 1. The van der Waals surface area contributed by atoms with Crippen molar-refractivity contribution in [3.05, 3.63) is 17.7 Å². The molecule has 0 unspecified atom stereocenters. The molecule has 3 fully saturated rings. The van der Waals surface area contributed by atoms with Crippen LogP contribution in [-0.4, -0.2) is 70.0 Å². The molecule has 27 heavy (non-hydrogen) atoms. The average molecular weight is 376 g/mol. The topological polar surface area (TPSA) is 69.3 Å². The molecule has 1 aromatic carbocycles. The maximum Gasteiger partial charge on any atom is 0.255 e. The Morgan fingerprint density at radius 3 is 2.56 bits per heavy atom. The minimum absolute atomic E-state index is 0.113. The van der Waals surface area contributed by atoms with Gasteiger partial charge >= 0.3 is 0 Å². The molecule has 1 N–H and O–H groups in total. The number of hydrogen-bond acceptors (Lipinski definition) is 6. The van der Waals surface area contributed by atoms with Crippen LogP contribution in [0.3, 0.4) is 0 Å². The molecule has 3 aliphatic rings. The molecule has 3 atom stereocenters. The first kappa shape index (κ1) is 18.4. The van der Waals surface area contributed by atoms with Gasteiger partial charge in [-0.15, -0.1) is 0 Å². The van der Waals surface area contributed by atoms with Crippen molar-refractivity contribution in [2.75, 3.05) is 41.0 Å². The number of nitrogens with zero attached hydrogens (tertiary/aromatic N) is 1. The molecule has 7 nitrogen and oxygen atoms in total. The molecule has 0 bridgehead atoms. The molecule has 0 radical (unpaired) electrons. The van der Waals surface area contributed by atoms with Gasteiger partial charge in [0, 0.05) is 25.2 Å². The van der Waals surface area contributed by atoms with E-state index in [0.717, 1.165) is 32.0 Å². The summed E-state index contributed by atoms with van der Waals surface area (Å²) in [5.41, 5.74) is 0.451. The summed E-state index contributed by atoms with van der Waals surface area (Å²) in [7, 11) is 4.62. The number of hydrogen-bond donors (Lipinski definition) is 1. The van der Waals surface area contributed by atoms with Crippen LogP contribution in [-0.2, 0) is 4.74 Å². The van der Waals surface area contributed by atoms with Gasteiger partial charge in [-0.3, -0.25) is 9.69 Å². The van der Waals surface area contributed by atoms with Gasteiger partial charge in [0.15, 0.2) is 11.5 Å². The summed E-state index contributed by atoms with van der Waals surface area (Å²) >= 11 is 0. The Bertz CT molecular complexity index is 706. The van der Waals surface area contributed by atoms with Crippen molar-refractivity contribution in [2.24, 2.45) is 5.92 Å². The number of fused-ring (bicyclic) bond motifs is 1. The Labute approximate surface area is 159 Å². The molecule has 7 heteroatoms. The zero-order valence-corrected chi connectivity index (χ0v) is 16.2. The zero-order valence-electron chi connectivity index (χ0n) is 16.2. The summed E-state index contributed by atoms with van der Waals surface area (Å²) in [6.45, 7) is 2.63. The number of amides is 1. The molecule has 1 saturated carbocycles. The van der Waals surface area contributed by atoms with E-state index >= 15 is 0 Å². The van der Waals surface area contributed by atoms with E-state index in [2.05, 4.69) is 10.2 Å². The summed E-state index contributed by atoms with van der Waals surface area (Å²) in [5.74, 6) is 1.94. The van der Waals surface area contributed by atoms with E-state index in [4.69, 9.17) is 18.9 Å². The minimum Gasteiger partial charge on any atom is -0.493 e. The first-order chi connectivity index (χ1) is 13.1. The number of methoxy groups -OCH3 is 3. The molecule has 1 amide bonds. The average Bonchev–Trinajstić information content (AvgIpc) is 3.46. The van der Waals surface area contributed by atoms with Crippen molar-refractivity contribution in [1.82, 2.24) is 10.2 Å². The molecule has 2 heterocycles. The van der Waals surface area contributed by atoms with Crippen LogP contribution in [0.15, 0.2) is 12.1 Å². The highest BCUT2D eigenvalue weighted by molar-refractivity contribution is 5.98. The molecule has 0 aromatic heterocycles. The van der Waals surface area contributed by atoms with E-state index in [1.165, 1.54) is 27.1 Å². The first-order valence-electron chi connectivity index (χ1n) is 9.60. The first-order valence-corrected chi connectivity index (χ1v) is 9.60. The van der Waals surface area contributed by atoms with Crippen LogP contribution in [0.2, 0.25) is 0 Å². The van der Waals surface area contributed by atoms with Crippen LogP contribution in [0.25, 0.3) is 0 Å². The van der Waals surface area contributed by atoms with E-state index in [1.807, 2.05) is 0 Å². The van der Waals surface area contributed by atoms with E-state index in [0.29, 0.717) is 35.0 Å². The van der Waals surface area contributed by atoms with Crippen molar-refractivity contribution >= 4 is 5.91 Å². The highest BCUT2D eigenvalue weighted by Gasteiger charge is 2.42. The zero-order chi connectivity index (χ0) is 19.0. The van der Waals surface area contributed by atoms with Crippen molar-refractivity contribution in [3.63, 3.8) is 0 Å². The number of carbonyl (C=O) groups excluding carboxylic acids is 1. The Kier molecular flexibility index (Phi) is 5.14.